The van der Waals surface area contributed by atoms with Crippen LogP contribution in [0, 0.1) is 0 Å². The van der Waals surface area contributed by atoms with E-state index >= 15 is 0 Å². The van der Waals surface area contributed by atoms with Gasteiger partial charge < -0.3 is 10.1 Å². The van der Waals surface area contributed by atoms with Crippen molar-refractivity contribution in [2.75, 3.05) is 11.9 Å². The van der Waals surface area contributed by atoms with Gasteiger partial charge in [-0.15, -0.1) is 0 Å². The van der Waals surface area contributed by atoms with E-state index < -0.39 is 0 Å². The Morgan fingerprint density at radius 2 is 1.76 bits per heavy atom. The van der Waals surface area contributed by atoms with Crippen LogP contribution in [0.5, 0.6) is 5.75 Å². The lowest BCUT2D eigenvalue weighted by molar-refractivity contribution is 0.305. The number of nitrogens with one attached hydrogen (secondary N) is 1. The number of rotatable bonds is 8. The van der Waals surface area contributed by atoms with Crippen LogP contribution in [0.15, 0.2) is 42.6 Å². The number of hydrogen-bond acceptors (Lipinski definition) is 3. The van der Waals surface area contributed by atoms with Gasteiger partial charge in [0, 0.05) is 18.3 Å². The van der Waals surface area contributed by atoms with Crippen molar-refractivity contribution in [1.82, 2.24) is 4.98 Å². The summed E-state index contributed by atoms with van der Waals surface area (Å²) in [7, 11) is 0. The molecular formula is C18H24N2O. The number of pyridine rings is 1. The molecule has 0 bridgehead atoms. The van der Waals surface area contributed by atoms with Gasteiger partial charge in [-0.05, 0) is 43.5 Å². The summed E-state index contributed by atoms with van der Waals surface area (Å²) in [5.74, 6) is 1.81. The molecule has 0 spiro atoms. The van der Waals surface area contributed by atoms with E-state index in [1.807, 2.05) is 30.5 Å². The highest BCUT2D eigenvalue weighted by Gasteiger charge is 1.99. The molecule has 2 aromatic rings. The normalized spacial score (nSPS) is 10.4. The topological polar surface area (TPSA) is 34.1 Å². The summed E-state index contributed by atoms with van der Waals surface area (Å²) in [5, 5.41) is 3.18. The molecule has 0 aliphatic heterocycles. The molecule has 3 heteroatoms. The minimum atomic E-state index is 0.549. The Labute approximate surface area is 127 Å². The molecule has 21 heavy (non-hydrogen) atoms. The summed E-state index contributed by atoms with van der Waals surface area (Å²) in [4.78, 5) is 4.34. The maximum atomic E-state index is 5.79. The molecule has 0 saturated carbocycles. The fourth-order valence-electron chi connectivity index (χ4n) is 2.10. The molecule has 1 heterocycles. The number of hydrogen-bond donors (Lipinski definition) is 1. The molecule has 0 aliphatic carbocycles. The lowest BCUT2D eigenvalue weighted by Crippen LogP contribution is -2.01. The summed E-state index contributed by atoms with van der Waals surface area (Å²) in [5.41, 5.74) is 2.45. The first kappa shape index (κ1) is 15.4. The number of anilines is 1. The van der Waals surface area contributed by atoms with Crippen molar-refractivity contribution in [1.29, 1.82) is 0 Å². The molecule has 0 saturated heterocycles. The van der Waals surface area contributed by atoms with E-state index in [0.29, 0.717) is 6.61 Å². The highest BCUT2D eigenvalue weighted by molar-refractivity contribution is 5.35. The molecular weight excluding hydrogens is 260 g/mol. The van der Waals surface area contributed by atoms with Crippen LogP contribution < -0.4 is 10.1 Å². The van der Waals surface area contributed by atoms with Crippen molar-refractivity contribution >= 4 is 5.82 Å². The maximum absolute atomic E-state index is 5.79. The molecule has 1 aromatic heterocycles. The Hall–Kier alpha value is -2.03. The van der Waals surface area contributed by atoms with Crippen LogP contribution in [0.3, 0.4) is 0 Å². The molecule has 0 amide bonds. The van der Waals surface area contributed by atoms with Crippen LogP contribution in [0.2, 0.25) is 0 Å². The largest absolute Gasteiger partial charge is 0.489 e. The second-order valence-corrected chi connectivity index (χ2v) is 5.12. The minimum Gasteiger partial charge on any atom is -0.489 e. The molecule has 0 unspecified atom stereocenters. The Morgan fingerprint density at radius 1 is 1.00 bits per heavy atom. The van der Waals surface area contributed by atoms with Crippen LogP contribution in [0.25, 0.3) is 0 Å². The minimum absolute atomic E-state index is 0.549. The average Bonchev–Trinajstić information content (AvgIpc) is 2.53. The van der Waals surface area contributed by atoms with Gasteiger partial charge in [-0.2, -0.15) is 0 Å². The third kappa shape index (κ3) is 5.10. The molecule has 1 N–H and O–H groups in total. The van der Waals surface area contributed by atoms with Gasteiger partial charge in [0.15, 0.2) is 0 Å². The number of aromatic nitrogens is 1. The summed E-state index contributed by atoms with van der Waals surface area (Å²) in [6.45, 7) is 5.70. The van der Waals surface area contributed by atoms with Crippen molar-refractivity contribution in [2.24, 2.45) is 0 Å². The fourth-order valence-corrected chi connectivity index (χ4v) is 2.10. The number of ether oxygens (including phenoxy) is 1. The molecule has 0 aliphatic rings. The first-order valence-corrected chi connectivity index (χ1v) is 7.72. The Balaban J connectivity index is 1.84. The molecule has 2 rings (SSSR count). The highest BCUT2D eigenvalue weighted by atomic mass is 16.5. The third-order valence-electron chi connectivity index (χ3n) is 3.33. The maximum Gasteiger partial charge on any atom is 0.125 e. The smallest absolute Gasteiger partial charge is 0.125 e. The lowest BCUT2D eigenvalue weighted by Gasteiger charge is -2.08. The summed E-state index contributed by atoms with van der Waals surface area (Å²) >= 11 is 0. The van der Waals surface area contributed by atoms with Crippen LogP contribution in [0.4, 0.5) is 5.82 Å². The molecule has 1 aromatic carbocycles. The predicted octanol–water partition coefficient (Wildman–Crippen LogP) is 4.44. The number of unbranched alkanes of at least 4 members (excludes halogenated alkanes) is 1. The molecule has 0 atom stereocenters. The van der Waals surface area contributed by atoms with E-state index in [1.165, 1.54) is 18.4 Å². The van der Waals surface area contributed by atoms with Gasteiger partial charge in [-0.1, -0.05) is 31.5 Å². The summed E-state index contributed by atoms with van der Waals surface area (Å²) in [6, 6.07) is 12.4. The van der Waals surface area contributed by atoms with Gasteiger partial charge in [0.2, 0.25) is 0 Å². The second kappa shape index (κ2) is 8.30. The van der Waals surface area contributed by atoms with Gasteiger partial charge in [-0.3, -0.25) is 0 Å². The van der Waals surface area contributed by atoms with Gasteiger partial charge in [0.05, 0.1) is 0 Å². The van der Waals surface area contributed by atoms with E-state index in [1.54, 1.807) is 0 Å². The Bertz CT molecular complexity index is 520. The Morgan fingerprint density at radius 3 is 2.38 bits per heavy atom. The summed E-state index contributed by atoms with van der Waals surface area (Å²) < 4.78 is 5.79. The second-order valence-electron chi connectivity index (χ2n) is 5.12. The number of nitrogens with zero attached hydrogens (tertiary/aromatic N) is 1. The Kier molecular flexibility index (Phi) is 6.07. The molecule has 0 radical (unpaired) electrons. The quantitative estimate of drug-likeness (QED) is 0.778. The molecule has 3 nitrogen and oxygen atoms in total. The number of aryl methyl sites for hydroxylation is 1. The van der Waals surface area contributed by atoms with Crippen molar-refractivity contribution in [2.45, 2.75) is 39.7 Å². The summed E-state index contributed by atoms with van der Waals surface area (Å²) in [6.07, 6.45) is 5.47. The van der Waals surface area contributed by atoms with Crippen molar-refractivity contribution in [3.05, 3.63) is 53.7 Å². The first-order chi connectivity index (χ1) is 10.3. The lowest BCUT2D eigenvalue weighted by atomic mass is 10.1. The zero-order valence-corrected chi connectivity index (χ0v) is 12.9. The van der Waals surface area contributed by atoms with Gasteiger partial charge >= 0.3 is 0 Å². The van der Waals surface area contributed by atoms with E-state index in [0.717, 1.165) is 30.1 Å². The SMILES string of the molecule is CCCCc1ccc(OCc2ccc(NCC)nc2)cc1. The van der Waals surface area contributed by atoms with Gasteiger partial charge in [-0.25, -0.2) is 4.98 Å². The monoisotopic (exact) mass is 284 g/mol. The van der Waals surface area contributed by atoms with Gasteiger partial charge in [0.1, 0.15) is 18.2 Å². The van der Waals surface area contributed by atoms with E-state index in [2.05, 4.69) is 36.3 Å². The highest BCUT2D eigenvalue weighted by Crippen LogP contribution is 2.16. The zero-order valence-electron chi connectivity index (χ0n) is 12.9. The standard InChI is InChI=1S/C18H24N2O/c1-3-5-6-15-7-10-17(11-8-15)21-14-16-9-12-18(19-4-2)20-13-16/h7-13H,3-6,14H2,1-2H3,(H,19,20). The van der Waals surface area contributed by atoms with Gasteiger partial charge in [0.25, 0.3) is 0 Å². The van der Waals surface area contributed by atoms with E-state index in [4.69, 9.17) is 4.74 Å². The average molecular weight is 284 g/mol. The van der Waals surface area contributed by atoms with Crippen LogP contribution in [0.1, 0.15) is 37.8 Å². The van der Waals surface area contributed by atoms with Crippen LogP contribution in [-0.4, -0.2) is 11.5 Å². The molecule has 0 fully saturated rings. The number of benzene rings is 1. The van der Waals surface area contributed by atoms with Crippen molar-refractivity contribution in [3.63, 3.8) is 0 Å². The van der Waals surface area contributed by atoms with Crippen molar-refractivity contribution in [3.8, 4) is 5.75 Å². The van der Waals surface area contributed by atoms with E-state index in [9.17, 15) is 0 Å². The van der Waals surface area contributed by atoms with Crippen LogP contribution in [-0.2, 0) is 13.0 Å². The van der Waals surface area contributed by atoms with Crippen molar-refractivity contribution < 1.29 is 4.74 Å². The third-order valence-corrected chi connectivity index (χ3v) is 3.33. The van der Waals surface area contributed by atoms with E-state index in [-0.39, 0.29) is 0 Å². The molecule has 112 valence electrons. The predicted molar refractivity (Wildman–Crippen MR) is 87.8 cm³/mol. The fraction of sp³-hybridized carbons (Fsp3) is 0.389. The first-order valence-electron chi connectivity index (χ1n) is 7.72. The zero-order chi connectivity index (χ0) is 14.9. The van der Waals surface area contributed by atoms with Crippen LogP contribution >= 0.6 is 0 Å².